The minimum absolute atomic E-state index is 0.432. The summed E-state index contributed by atoms with van der Waals surface area (Å²) < 4.78 is 0. The molecule has 0 aromatic carbocycles. The van der Waals surface area contributed by atoms with Crippen LogP contribution in [0.3, 0.4) is 0 Å². The zero-order chi connectivity index (χ0) is 11.1. The molecule has 0 spiro atoms. The summed E-state index contributed by atoms with van der Waals surface area (Å²) >= 11 is 1.66. The SMILES string of the molecule is CCN(CC)CCc1nc(CC#N)cs1. The molecule has 0 unspecified atom stereocenters. The van der Waals surface area contributed by atoms with Crippen LogP contribution in [0.1, 0.15) is 24.5 Å². The Balaban J connectivity index is 2.40. The van der Waals surface area contributed by atoms with Gasteiger partial charge in [-0.2, -0.15) is 5.26 Å². The summed E-state index contributed by atoms with van der Waals surface area (Å²) in [6.45, 7) is 7.59. The third-order valence-electron chi connectivity index (χ3n) is 2.40. The van der Waals surface area contributed by atoms with Gasteiger partial charge in [-0.05, 0) is 13.1 Å². The Morgan fingerprint density at radius 3 is 2.80 bits per heavy atom. The summed E-state index contributed by atoms with van der Waals surface area (Å²) in [5.74, 6) is 0. The third kappa shape index (κ3) is 3.98. The van der Waals surface area contributed by atoms with Crippen molar-refractivity contribution in [3.63, 3.8) is 0 Å². The maximum atomic E-state index is 8.53. The normalized spacial score (nSPS) is 10.5. The van der Waals surface area contributed by atoms with Gasteiger partial charge < -0.3 is 4.90 Å². The van der Waals surface area contributed by atoms with Gasteiger partial charge in [0.15, 0.2) is 0 Å². The van der Waals surface area contributed by atoms with Gasteiger partial charge in [0.2, 0.25) is 0 Å². The lowest BCUT2D eigenvalue weighted by molar-refractivity contribution is 0.308. The van der Waals surface area contributed by atoms with E-state index in [2.05, 4.69) is 29.8 Å². The summed E-state index contributed by atoms with van der Waals surface area (Å²) in [5.41, 5.74) is 0.914. The van der Waals surface area contributed by atoms with Crippen molar-refractivity contribution in [1.82, 2.24) is 9.88 Å². The lowest BCUT2D eigenvalue weighted by atomic mass is 10.3. The molecule has 0 bridgehead atoms. The van der Waals surface area contributed by atoms with Gasteiger partial charge in [-0.3, -0.25) is 0 Å². The maximum Gasteiger partial charge on any atom is 0.0941 e. The first-order valence-electron chi connectivity index (χ1n) is 5.32. The second-order valence-electron chi connectivity index (χ2n) is 3.34. The number of likely N-dealkylation sites (N-methyl/N-ethyl adjacent to an activating group) is 1. The number of nitrogens with zero attached hydrogens (tertiary/aromatic N) is 3. The number of hydrogen-bond donors (Lipinski definition) is 0. The Hall–Kier alpha value is -0.920. The minimum Gasteiger partial charge on any atom is -0.303 e. The highest BCUT2D eigenvalue weighted by Crippen LogP contribution is 2.11. The molecule has 1 rings (SSSR count). The number of aromatic nitrogens is 1. The molecule has 0 fully saturated rings. The predicted octanol–water partition coefficient (Wildman–Crippen LogP) is 2.09. The monoisotopic (exact) mass is 223 g/mol. The maximum absolute atomic E-state index is 8.53. The molecule has 3 nitrogen and oxygen atoms in total. The van der Waals surface area contributed by atoms with E-state index in [9.17, 15) is 0 Å². The molecule has 0 saturated heterocycles. The molecular formula is C11H17N3S. The fourth-order valence-electron chi connectivity index (χ4n) is 1.42. The largest absolute Gasteiger partial charge is 0.303 e. The van der Waals surface area contributed by atoms with Crippen LogP contribution in [0.25, 0.3) is 0 Å². The molecule has 0 aliphatic heterocycles. The molecule has 1 heterocycles. The quantitative estimate of drug-likeness (QED) is 0.741. The van der Waals surface area contributed by atoms with Crippen LogP contribution >= 0.6 is 11.3 Å². The van der Waals surface area contributed by atoms with Crippen LogP contribution < -0.4 is 0 Å². The van der Waals surface area contributed by atoms with Crippen LogP contribution in [-0.2, 0) is 12.8 Å². The molecular weight excluding hydrogens is 206 g/mol. The molecule has 1 aromatic heterocycles. The molecule has 0 aliphatic carbocycles. The van der Waals surface area contributed by atoms with Crippen molar-refractivity contribution in [2.45, 2.75) is 26.7 Å². The average molecular weight is 223 g/mol. The lowest BCUT2D eigenvalue weighted by Gasteiger charge is -2.16. The Morgan fingerprint density at radius 1 is 1.47 bits per heavy atom. The van der Waals surface area contributed by atoms with Gasteiger partial charge >= 0.3 is 0 Å². The van der Waals surface area contributed by atoms with Gasteiger partial charge in [0.05, 0.1) is 23.2 Å². The predicted molar refractivity (Wildman–Crippen MR) is 62.9 cm³/mol. The van der Waals surface area contributed by atoms with E-state index in [0.717, 1.165) is 36.8 Å². The van der Waals surface area contributed by atoms with E-state index in [0.29, 0.717) is 6.42 Å². The summed E-state index contributed by atoms with van der Waals surface area (Å²) in [6.07, 6.45) is 1.43. The zero-order valence-electron chi connectivity index (χ0n) is 9.36. The van der Waals surface area contributed by atoms with E-state index in [1.807, 2.05) is 5.38 Å². The van der Waals surface area contributed by atoms with Gasteiger partial charge in [0, 0.05) is 18.3 Å². The summed E-state index contributed by atoms with van der Waals surface area (Å²) in [5, 5.41) is 11.7. The molecule has 0 amide bonds. The summed E-state index contributed by atoms with van der Waals surface area (Å²) in [7, 11) is 0. The molecule has 0 N–H and O–H groups in total. The van der Waals surface area contributed by atoms with Crippen molar-refractivity contribution in [2.75, 3.05) is 19.6 Å². The fourth-order valence-corrected chi connectivity index (χ4v) is 2.21. The molecule has 0 radical (unpaired) electrons. The van der Waals surface area contributed by atoms with Crippen LogP contribution in [0.2, 0.25) is 0 Å². The van der Waals surface area contributed by atoms with Crippen molar-refractivity contribution >= 4 is 11.3 Å². The topological polar surface area (TPSA) is 39.9 Å². The number of thiazole rings is 1. The lowest BCUT2D eigenvalue weighted by Crippen LogP contribution is -2.25. The first kappa shape index (κ1) is 12.2. The van der Waals surface area contributed by atoms with Crippen LogP contribution in [0.15, 0.2) is 5.38 Å². The molecule has 1 aromatic rings. The Kier molecular flexibility index (Phi) is 5.30. The van der Waals surface area contributed by atoms with Gasteiger partial charge in [-0.15, -0.1) is 11.3 Å². The molecule has 82 valence electrons. The van der Waals surface area contributed by atoms with Gasteiger partial charge in [-0.25, -0.2) is 4.98 Å². The summed E-state index contributed by atoms with van der Waals surface area (Å²) in [4.78, 5) is 6.79. The van der Waals surface area contributed by atoms with Crippen LogP contribution in [0, 0.1) is 11.3 Å². The molecule has 4 heteroatoms. The second-order valence-corrected chi connectivity index (χ2v) is 4.29. The van der Waals surface area contributed by atoms with Gasteiger partial charge in [-0.1, -0.05) is 13.8 Å². The second kappa shape index (κ2) is 6.54. The Morgan fingerprint density at radius 2 is 2.20 bits per heavy atom. The van der Waals surface area contributed by atoms with E-state index in [-0.39, 0.29) is 0 Å². The smallest absolute Gasteiger partial charge is 0.0941 e. The number of nitriles is 1. The van der Waals surface area contributed by atoms with E-state index in [1.54, 1.807) is 11.3 Å². The van der Waals surface area contributed by atoms with Crippen LogP contribution in [0.5, 0.6) is 0 Å². The standard InChI is InChI=1S/C11H17N3S/c1-3-14(4-2)8-6-11-13-10(5-7-12)9-15-11/h9H,3-6,8H2,1-2H3. The third-order valence-corrected chi connectivity index (χ3v) is 3.35. The molecule has 0 atom stereocenters. The van der Waals surface area contributed by atoms with Crippen molar-refractivity contribution in [2.24, 2.45) is 0 Å². The van der Waals surface area contributed by atoms with Crippen LogP contribution in [-0.4, -0.2) is 29.5 Å². The van der Waals surface area contributed by atoms with Crippen molar-refractivity contribution in [3.05, 3.63) is 16.1 Å². The first-order chi connectivity index (χ1) is 7.30. The molecule has 15 heavy (non-hydrogen) atoms. The number of hydrogen-bond acceptors (Lipinski definition) is 4. The van der Waals surface area contributed by atoms with Crippen molar-refractivity contribution in [3.8, 4) is 6.07 Å². The molecule has 0 saturated carbocycles. The minimum atomic E-state index is 0.432. The highest BCUT2D eigenvalue weighted by atomic mass is 32.1. The van der Waals surface area contributed by atoms with E-state index >= 15 is 0 Å². The van der Waals surface area contributed by atoms with Gasteiger partial charge in [0.1, 0.15) is 0 Å². The highest BCUT2D eigenvalue weighted by Gasteiger charge is 2.04. The summed E-state index contributed by atoms with van der Waals surface area (Å²) in [6, 6.07) is 2.12. The van der Waals surface area contributed by atoms with Gasteiger partial charge in [0.25, 0.3) is 0 Å². The van der Waals surface area contributed by atoms with E-state index < -0.39 is 0 Å². The highest BCUT2D eigenvalue weighted by molar-refractivity contribution is 7.09. The van der Waals surface area contributed by atoms with Crippen molar-refractivity contribution < 1.29 is 0 Å². The van der Waals surface area contributed by atoms with Crippen LogP contribution in [0.4, 0.5) is 0 Å². The number of rotatable bonds is 6. The first-order valence-corrected chi connectivity index (χ1v) is 6.20. The Bertz CT molecular complexity index is 323. The molecule has 0 aliphatic rings. The fraction of sp³-hybridized carbons (Fsp3) is 0.636. The van der Waals surface area contributed by atoms with Crippen molar-refractivity contribution in [1.29, 1.82) is 5.26 Å². The Labute approximate surface area is 95.4 Å². The zero-order valence-corrected chi connectivity index (χ0v) is 10.2. The van der Waals surface area contributed by atoms with E-state index in [1.165, 1.54) is 0 Å². The van der Waals surface area contributed by atoms with E-state index in [4.69, 9.17) is 5.26 Å². The average Bonchev–Trinajstić information content (AvgIpc) is 2.68.